The molecule has 0 saturated carbocycles. The van der Waals surface area contributed by atoms with Crippen LogP contribution in [0, 0.1) is 0 Å². The lowest BCUT2D eigenvalue weighted by Crippen LogP contribution is -2.35. The van der Waals surface area contributed by atoms with Gasteiger partial charge in [-0.25, -0.2) is 4.98 Å². The molecule has 3 rings (SSSR count). The van der Waals surface area contributed by atoms with Crippen LogP contribution in [0.15, 0.2) is 73.3 Å². The fourth-order valence-electron chi connectivity index (χ4n) is 3.02. The van der Waals surface area contributed by atoms with Crippen molar-refractivity contribution in [3.05, 3.63) is 89.5 Å². The summed E-state index contributed by atoms with van der Waals surface area (Å²) in [6, 6.07) is 18.5. The molecule has 3 aromatic rings. The molecule has 1 aromatic heterocycles. The molecule has 1 atom stereocenters. The Balaban J connectivity index is 2.32. The van der Waals surface area contributed by atoms with Crippen molar-refractivity contribution in [3.63, 3.8) is 0 Å². The number of rotatable bonds is 4. The van der Waals surface area contributed by atoms with Gasteiger partial charge in [-0.3, -0.25) is 0 Å². The Morgan fingerprint density at radius 2 is 1.76 bits per heavy atom. The van der Waals surface area contributed by atoms with Gasteiger partial charge >= 0.3 is 0 Å². The molecule has 0 fully saturated rings. The Morgan fingerprint density at radius 3 is 2.38 bits per heavy atom. The molecule has 0 spiro atoms. The summed E-state index contributed by atoms with van der Waals surface area (Å²) >= 11 is 6.52. The van der Waals surface area contributed by atoms with Crippen molar-refractivity contribution < 1.29 is 0 Å². The van der Waals surface area contributed by atoms with Crippen LogP contribution < -0.4 is 0 Å². The fourth-order valence-corrected chi connectivity index (χ4v) is 3.31. The summed E-state index contributed by atoms with van der Waals surface area (Å²) < 4.78 is 2.14. The monoisotopic (exact) mass is 296 g/mol. The molecule has 2 aromatic carbocycles. The lowest BCUT2D eigenvalue weighted by atomic mass is 9.80. The van der Waals surface area contributed by atoms with Crippen molar-refractivity contribution in [1.82, 2.24) is 9.55 Å². The molecule has 1 unspecified atom stereocenters. The van der Waals surface area contributed by atoms with Crippen LogP contribution in [0.1, 0.15) is 24.5 Å². The van der Waals surface area contributed by atoms with Gasteiger partial charge in [0.1, 0.15) is 0 Å². The van der Waals surface area contributed by atoms with Gasteiger partial charge < -0.3 is 4.57 Å². The molecule has 0 saturated heterocycles. The highest BCUT2D eigenvalue weighted by molar-refractivity contribution is 6.31. The lowest BCUT2D eigenvalue weighted by molar-refractivity contribution is 0.415. The first-order valence-corrected chi connectivity index (χ1v) is 7.46. The summed E-state index contributed by atoms with van der Waals surface area (Å²) in [7, 11) is 0. The maximum absolute atomic E-state index is 6.52. The van der Waals surface area contributed by atoms with Crippen molar-refractivity contribution in [1.29, 1.82) is 0 Å². The molecule has 2 nitrogen and oxygen atoms in total. The van der Waals surface area contributed by atoms with E-state index in [0.29, 0.717) is 0 Å². The normalized spacial score (nSPS) is 13.8. The second kappa shape index (κ2) is 5.74. The molecule has 0 N–H and O–H groups in total. The second-order valence-corrected chi connectivity index (χ2v) is 5.44. The maximum atomic E-state index is 6.52. The number of benzene rings is 2. The van der Waals surface area contributed by atoms with E-state index in [9.17, 15) is 0 Å². The van der Waals surface area contributed by atoms with E-state index >= 15 is 0 Å². The Labute approximate surface area is 130 Å². The number of hydrogen-bond acceptors (Lipinski definition) is 1. The summed E-state index contributed by atoms with van der Waals surface area (Å²) in [5.74, 6) is 0. The zero-order valence-corrected chi connectivity index (χ0v) is 12.7. The number of nitrogens with zero attached hydrogens (tertiary/aromatic N) is 2. The van der Waals surface area contributed by atoms with Gasteiger partial charge in [-0.2, -0.15) is 0 Å². The molecular weight excluding hydrogens is 280 g/mol. The van der Waals surface area contributed by atoms with Crippen LogP contribution in [0.25, 0.3) is 0 Å². The zero-order valence-electron chi connectivity index (χ0n) is 11.9. The van der Waals surface area contributed by atoms with Gasteiger partial charge in [0, 0.05) is 23.0 Å². The van der Waals surface area contributed by atoms with Gasteiger partial charge in [-0.05, 0) is 18.1 Å². The smallest absolute Gasteiger partial charge is 0.0970 e. The minimum atomic E-state index is -0.337. The Bertz CT molecular complexity index is 707. The van der Waals surface area contributed by atoms with Crippen molar-refractivity contribution >= 4 is 11.6 Å². The van der Waals surface area contributed by atoms with Crippen molar-refractivity contribution in [2.24, 2.45) is 0 Å². The Hall–Kier alpha value is -2.06. The molecule has 0 radical (unpaired) electrons. The van der Waals surface area contributed by atoms with E-state index in [1.807, 2.05) is 43.0 Å². The molecule has 0 bridgehead atoms. The predicted octanol–water partition coefficient (Wildman–Crippen LogP) is 4.74. The van der Waals surface area contributed by atoms with Gasteiger partial charge in [0.25, 0.3) is 0 Å². The maximum Gasteiger partial charge on any atom is 0.0970 e. The second-order valence-electron chi connectivity index (χ2n) is 5.03. The molecule has 106 valence electrons. The molecule has 1 heterocycles. The van der Waals surface area contributed by atoms with E-state index in [1.165, 1.54) is 5.56 Å². The first kappa shape index (κ1) is 13.9. The standard InChI is InChI=1S/C18H17ClN2/c1-2-18(21-13-12-20-14-21,15-8-4-3-5-9-15)16-10-6-7-11-17(16)19/h3-14H,2H2,1H3. The number of imidazole rings is 1. The average molecular weight is 297 g/mol. The Kier molecular flexibility index (Phi) is 3.80. The largest absolute Gasteiger partial charge is 0.323 e. The van der Waals surface area contributed by atoms with Gasteiger partial charge in [-0.1, -0.05) is 67.1 Å². The SMILES string of the molecule is CCC(c1ccccc1)(c1ccccc1Cl)n1ccnc1. The highest BCUT2D eigenvalue weighted by atomic mass is 35.5. The van der Waals surface area contributed by atoms with Crippen LogP contribution in [-0.4, -0.2) is 9.55 Å². The van der Waals surface area contributed by atoms with E-state index in [4.69, 9.17) is 11.6 Å². The summed E-state index contributed by atoms with van der Waals surface area (Å²) in [5.41, 5.74) is 1.97. The van der Waals surface area contributed by atoms with Gasteiger partial charge in [0.05, 0.1) is 11.9 Å². The van der Waals surface area contributed by atoms with Crippen molar-refractivity contribution in [3.8, 4) is 0 Å². The Morgan fingerprint density at radius 1 is 1.05 bits per heavy atom. The van der Waals surface area contributed by atoms with Crippen LogP contribution in [-0.2, 0) is 5.54 Å². The van der Waals surface area contributed by atoms with Crippen molar-refractivity contribution in [2.45, 2.75) is 18.9 Å². The van der Waals surface area contributed by atoms with E-state index in [2.05, 4.69) is 46.8 Å². The topological polar surface area (TPSA) is 17.8 Å². The number of aromatic nitrogens is 2. The first-order valence-electron chi connectivity index (χ1n) is 7.08. The van der Waals surface area contributed by atoms with E-state index in [-0.39, 0.29) is 5.54 Å². The van der Waals surface area contributed by atoms with E-state index < -0.39 is 0 Å². The summed E-state index contributed by atoms with van der Waals surface area (Å²) in [6.07, 6.45) is 6.56. The molecule has 21 heavy (non-hydrogen) atoms. The summed E-state index contributed by atoms with van der Waals surface area (Å²) in [6.45, 7) is 2.18. The third-order valence-corrected chi connectivity index (χ3v) is 4.36. The summed E-state index contributed by atoms with van der Waals surface area (Å²) in [4.78, 5) is 4.24. The third-order valence-electron chi connectivity index (χ3n) is 4.03. The van der Waals surface area contributed by atoms with Gasteiger partial charge in [0.15, 0.2) is 0 Å². The number of halogens is 1. The minimum Gasteiger partial charge on any atom is -0.323 e. The zero-order chi connectivity index (χ0) is 14.7. The molecule has 0 aliphatic rings. The van der Waals surface area contributed by atoms with Crippen LogP contribution in [0.5, 0.6) is 0 Å². The highest BCUT2D eigenvalue weighted by Crippen LogP contribution is 2.40. The number of hydrogen-bond donors (Lipinski definition) is 0. The molecule has 3 heteroatoms. The highest BCUT2D eigenvalue weighted by Gasteiger charge is 2.35. The van der Waals surface area contributed by atoms with Gasteiger partial charge in [-0.15, -0.1) is 0 Å². The molecule has 0 aliphatic heterocycles. The van der Waals surface area contributed by atoms with E-state index in [1.54, 1.807) is 0 Å². The predicted molar refractivity (Wildman–Crippen MR) is 86.6 cm³/mol. The van der Waals surface area contributed by atoms with E-state index in [0.717, 1.165) is 17.0 Å². The summed E-state index contributed by atoms with van der Waals surface area (Å²) in [5, 5.41) is 0.775. The van der Waals surface area contributed by atoms with Gasteiger partial charge in [0.2, 0.25) is 0 Å². The first-order chi connectivity index (χ1) is 10.3. The van der Waals surface area contributed by atoms with Crippen LogP contribution in [0.2, 0.25) is 5.02 Å². The van der Waals surface area contributed by atoms with Crippen LogP contribution >= 0.6 is 11.6 Å². The molecular formula is C18H17ClN2. The lowest BCUT2D eigenvalue weighted by Gasteiger charge is -2.36. The fraction of sp³-hybridized carbons (Fsp3) is 0.167. The van der Waals surface area contributed by atoms with Crippen molar-refractivity contribution in [2.75, 3.05) is 0 Å². The molecule has 0 aliphatic carbocycles. The van der Waals surface area contributed by atoms with Crippen LogP contribution in [0.4, 0.5) is 0 Å². The minimum absolute atomic E-state index is 0.337. The van der Waals surface area contributed by atoms with Crippen LogP contribution in [0.3, 0.4) is 0 Å². The third kappa shape index (κ3) is 2.26. The average Bonchev–Trinajstić information content (AvgIpc) is 3.06. The quantitative estimate of drug-likeness (QED) is 0.680. The molecule has 0 amide bonds.